The van der Waals surface area contributed by atoms with Crippen molar-refractivity contribution in [3.05, 3.63) is 34.5 Å². The number of thiazole rings is 1. The van der Waals surface area contributed by atoms with Crippen LogP contribution in [-0.4, -0.2) is 56.0 Å². The van der Waals surface area contributed by atoms with E-state index >= 15 is 0 Å². The van der Waals surface area contributed by atoms with Gasteiger partial charge < -0.3 is 10.0 Å². The standard InChI is InChI=1S/C16H16F4N4O3S/c1-7(25)23-5-8(12(17)18)10(14-22-9(6-28-14)16(26)27)11(13(19)20)15(23)24-4-2-3-21-24/h2-4,6,8,10-13,15H,5H2,1H3,(H,26,27). The second kappa shape index (κ2) is 7.86. The van der Waals surface area contributed by atoms with Gasteiger partial charge in [-0.15, -0.1) is 11.3 Å². The average Bonchev–Trinajstić information content (AvgIpc) is 3.31. The molecule has 0 aromatic carbocycles. The molecular formula is C16H16F4N4O3S. The molecule has 1 aliphatic rings. The number of aromatic nitrogens is 3. The predicted octanol–water partition coefficient (Wildman–Crippen LogP) is 2.94. The van der Waals surface area contributed by atoms with Crippen molar-refractivity contribution in [1.29, 1.82) is 0 Å². The van der Waals surface area contributed by atoms with Crippen LogP contribution in [0.1, 0.15) is 34.5 Å². The summed E-state index contributed by atoms with van der Waals surface area (Å²) in [6, 6.07) is 1.47. The summed E-state index contributed by atoms with van der Waals surface area (Å²) in [7, 11) is 0. The van der Waals surface area contributed by atoms with Crippen LogP contribution in [-0.2, 0) is 4.79 Å². The summed E-state index contributed by atoms with van der Waals surface area (Å²) in [5.74, 6) is -6.83. The number of carbonyl (C=O) groups is 2. The zero-order valence-electron chi connectivity index (χ0n) is 14.5. The number of alkyl halides is 4. The van der Waals surface area contributed by atoms with Crippen LogP contribution >= 0.6 is 11.3 Å². The van der Waals surface area contributed by atoms with Crippen LogP contribution in [0, 0.1) is 11.8 Å². The van der Waals surface area contributed by atoms with E-state index in [2.05, 4.69) is 10.1 Å². The third-order valence-electron chi connectivity index (χ3n) is 4.79. The van der Waals surface area contributed by atoms with E-state index in [-0.39, 0.29) is 5.01 Å². The number of likely N-dealkylation sites (tertiary alicyclic amines) is 1. The summed E-state index contributed by atoms with van der Waals surface area (Å²) in [6.07, 6.45) is -4.69. The van der Waals surface area contributed by atoms with Gasteiger partial charge in [0, 0.05) is 43.1 Å². The Bertz CT molecular complexity index is 845. The van der Waals surface area contributed by atoms with Gasteiger partial charge in [-0.1, -0.05) is 0 Å². The van der Waals surface area contributed by atoms with E-state index in [9.17, 15) is 27.2 Å². The van der Waals surface area contributed by atoms with Crippen molar-refractivity contribution in [2.45, 2.75) is 31.9 Å². The summed E-state index contributed by atoms with van der Waals surface area (Å²) in [6.45, 7) is 0.640. The Hall–Kier alpha value is -2.50. The molecule has 0 aliphatic carbocycles. The van der Waals surface area contributed by atoms with Gasteiger partial charge in [0.2, 0.25) is 18.8 Å². The second-order valence-corrected chi connectivity index (χ2v) is 7.27. The smallest absolute Gasteiger partial charge is 0.355 e. The maximum Gasteiger partial charge on any atom is 0.355 e. The normalized spacial score (nSPS) is 25.5. The van der Waals surface area contributed by atoms with Crippen LogP contribution in [0.15, 0.2) is 23.8 Å². The number of aromatic carboxylic acids is 1. The highest BCUT2D eigenvalue weighted by Crippen LogP contribution is 2.50. The van der Waals surface area contributed by atoms with Crippen LogP contribution in [0.3, 0.4) is 0 Å². The first-order chi connectivity index (χ1) is 13.2. The molecule has 28 heavy (non-hydrogen) atoms. The summed E-state index contributed by atoms with van der Waals surface area (Å²) in [5.41, 5.74) is -0.398. The number of nitrogens with zero attached hydrogens (tertiary/aromatic N) is 4. The van der Waals surface area contributed by atoms with Crippen molar-refractivity contribution in [3.63, 3.8) is 0 Å². The maximum absolute atomic E-state index is 14.2. The molecule has 7 nitrogen and oxygen atoms in total. The van der Waals surface area contributed by atoms with E-state index in [4.69, 9.17) is 5.11 Å². The number of carboxylic acid groups (broad SMARTS) is 1. The molecule has 4 atom stereocenters. The molecule has 4 unspecified atom stereocenters. The second-order valence-electron chi connectivity index (χ2n) is 6.38. The molecule has 3 rings (SSSR count). The number of hydrogen-bond acceptors (Lipinski definition) is 5. The first-order valence-corrected chi connectivity index (χ1v) is 9.11. The molecule has 3 heterocycles. The van der Waals surface area contributed by atoms with E-state index in [0.717, 1.165) is 33.2 Å². The topological polar surface area (TPSA) is 88.3 Å². The molecule has 2 aromatic rings. The van der Waals surface area contributed by atoms with E-state index in [1.54, 1.807) is 0 Å². The van der Waals surface area contributed by atoms with Crippen LogP contribution in [0.5, 0.6) is 0 Å². The van der Waals surface area contributed by atoms with Gasteiger partial charge in [0.25, 0.3) is 0 Å². The minimum Gasteiger partial charge on any atom is -0.476 e. The number of halogens is 4. The Morgan fingerprint density at radius 1 is 1.29 bits per heavy atom. The van der Waals surface area contributed by atoms with Gasteiger partial charge in [0.1, 0.15) is 6.17 Å². The summed E-state index contributed by atoms with van der Waals surface area (Å²) in [4.78, 5) is 27.9. The Labute approximate surface area is 160 Å². The minimum absolute atomic E-state index is 0.117. The first kappa shape index (κ1) is 20.2. The Balaban J connectivity index is 2.15. The molecule has 0 bridgehead atoms. The monoisotopic (exact) mass is 420 g/mol. The zero-order chi connectivity index (χ0) is 20.6. The fourth-order valence-corrected chi connectivity index (χ4v) is 4.63. The lowest BCUT2D eigenvalue weighted by Crippen LogP contribution is -2.55. The highest BCUT2D eigenvalue weighted by atomic mass is 32.1. The van der Waals surface area contributed by atoms with Gasteiger partial charge in [-0.2, -0.15) is 5.10 Å². The van der Waals surface area contributed by atoms with E-state index in [1.165, 1.54) is 18.5 Å². The number of carboxylic acids is 1. The van der Waals surface area contributed by atoms with Crippen molar-refractivity contribution < 1.29 is 32.3 Å². The van der Waals surface area contributed by atoms with E-state index in [1.807, 2.05) is 0 Å². The van der Waals surface area contributed by atoms with E-state index < -0.39 is 60.9 Å². The highest BCUT2D eigenvalue weighted by Gasteiger charge is 2.54. The lowest BCUT2D eigenvalue weighted by molar-refractivity contribution is -0.153. The van der Waals surface area contributed by atoms with Gasteiger partial charge in [0.15, 0.2) is 5.69 Å². The molecule has 0 spiro atoms. The van der Waals surface area contributed by atoms with Crippen molar-refractivity contribution in [3.8, 4) is 0 Å². The minimum atomic E-state index is -3.08. The molecule has 1 N–H and O–H groups in total. The third kappa shape index (κ3) is 3.60. The van der Waals surface area contributed by atoms with Crippen LogP contribution in [0.2, 0.25) is 0 Å². The first-order valence-electron chi connectivity index (χ1n) is 8.23. The number of amides is 1. The molecule has 0 saturated carbocycles. The molecule has 1 fully saturated rings. The fraction of sp³-hybridized carbons (Fsp3) is 0.500. The Kier molecular flexibility index (Phi) is 5.68. The number of carbonyl (C=O) groups excluding carboxylic acids is 1. The summed E-state index contributed by atoms with van der Waals surface area (Å²) < 4.78 is 57.1. The highest BCUT2D eigenvalue weighted by molar-refractivity contribution is 7.09. The lowest BCUT2D eigenvalue weighted by atomic mass is 9.76. The SMILES string of the molecule is CC(=O)N1CC(C(F)F)C(c2nc(C(=O)O)cs2)C(C(F)F)C1n1cccn1. The van der Waals surface area contributed by atoms with Crippen molar-refractivity contribution in [1.82, 2.24) is 19.7 Å². The number of piperidine rings is 1. The molecule has 12 heteroatoms. The number of rotatable bonds is 5. The van der Waals surface area contributed by atoms with Crippen molar-refractivity contribution >= 4 is 23.2 Å². The lowest BCUT2D eigenvalue weighted by Gasteiger charge is -2.47. The molecule has 1 aliphatic heterocycles. The van der Waals surface area contributed by atoms with E-state index in [0.29, 0.717) is 0 Å². The quantitative estimate of drug-likeness (QED) is 0.752. The summed E-state index contributed by atoms with van der Waals surface area (Å²) in [5, 5.41) is 14.0. The maximum atomic E-state index is 14.2. The molecular weight excluding hydrogens is 404 g/mol. The third-order valence-corrected chi connectivity index (χ3v) is 5.73. The molecule has 2 aromatic heterocycles. The van der Waals surface area contributed by atoms with Gasteiger partial charge in [-0.05, 0) is 6.07 Å². The summed E-state index contributed by atoms with van der Waals surface area (Å²) >= 11 is 0.744. The molecule has 1 amide bonds. The van der Waals surface area contributed by atoms with Gasteiger partial charge in [-0.3, -0.25) is 4.79 Å². The Morgan fingerprint density at radius 3 is 2.46 bits per heavy atom. The van der Waals surface area contributed by atoms with Crippen molar-refractivity contribution in [2.75, 3.05) is 6.54 Å². The molecule has 152 valence electrons. The van der Waals surface area contributed by atoms with Crippen LogP contribution in [0.4, 0.5) is 17.6 Å². The van der Waals surface area contributed by atoms with Gasteiger partial charge in [0.05, 0.1) is 10.9 Å². The molecule has 0 radical (unpaired) electrons. The largest absolute Gasteiger partial charge is 0.476 e. The predicted molar refractivity (Wildman–Crippen MR) is 89.5 cm³/mol. The zero-order valence-corrected chi connectivity index (χ0v) is 15.3. The number of hydrogen-bond donors (Lipinski definition) is 1. The van der Waals surface area contributed by atoms with Crippen molar-refractivity contribution in [2.24, 2.45) is 11.8 Å². The van der Waals surface area contributed by atoms with Gasteiger partial charge >= 0.3 is 5.97 Å². The average molecular weight is 420 g/mol. The van der Waals surface area contributed by atoms with Crippen LogP contribution < -0.4 is 0 Å². The molecule has 1 saturated heterocycles. The van der Waals surface area contributed by atoms with Gasteiger partial charge in [-0.25, -0.2) is 32.0 Å². The Morgan fingerprint density at radius 2 is 2.00 bits per heavy atom. The van der Waals surface area contributed by atoms with Crippen LogP contribution in [0.25, 0.3) is 0 Å². The fourth-order valence-electron chi connectivity index (χ4n) is 3.61.